The van der Waals surface area contributed by atoms with Crippen LogP contribution in [0.1, 0.15) is 16.8 Å². The highest BCUT2D eigenvalue weighted by Gasteiger charge is 2.32. The van der Waals surface area contributed by atoms with Gasteiger partial charge in [0.05, 0.1) is 11.1 Å². The van der Waals surface area contributed by atoms with Gasteiger partial charge in [-0.2, -0.15) is 41.9 Å². The maximum Gasteiger partial charge on any atom is 0.416 e. The van der Waals surface area contributed by atoms with E-state index in [9.17, 15) is 26.3 Å². The van der Waals surface area contributed by atoms with Crippen molar-refractivity contribution >= 4 is 0 Å². The average molecular weight is 382 g/mol. The van der Waals surface area contributed by atoms with E-state index in [4.69, 9.17) is 5.26 Å². The van der Waals surface area contributed by atoms with Crippen LogP contribution in [0.15, 0.2) is 42.5 Å². The van der Waals surface area contributed by atoms with Crippen LogP contribution in [0.3, 0.4) is 0 Å². The van der Waals surface area contributed by atoms with Crippen LogP contribution in [-0.4, -0.2) is 15.4 Å². The van der Waals surface area contributed by atoms with Crippen molar-refractivity contribution in [2.75, 3.05) is 0 Å². The van der Waals surface area contributed by atoms with Crippen LogP contribution in [0.2, 0.25) is 0 Å². The number of hydrogen-bond donors (Lipinski definition) is 1. The highest BCUT2D eigenvalue weighted by atomic mass is 19.4. The molecular formula is C17H8F6N4. The summed E-state index contributed by atoms with van der Waals surface area (Å²) in [7, 11) is 0. The third-order valence-corrected chi connectivity index (χ3v) is 3.73. The standard InChI is InChI=1S/C17H8F6N4/c18-16(19,20)12-3-1-9(2-4-12)10-5-11(7-13(6-10)17(21,22)23)15-14(8-24)25-27-26-15/h1-7H,(H,25,26,27). The lowest BCUT2D eigenvalue weighted by Gasteiger charge is -2.12. The molecule has 0 bridgehead atoms. The Hall–Kier alpha value is -3.35. The third kappa shape index (κ3) is 3.76. The summed E-state index contributed by atoms with van der Waals surface area (Å²) in [5, 5.41) is 18.4. The van der Waals surface area contributed by atoms with Crippen molar-refractivity contribution in [3.05, 3.63) is 59.3 Å². The molecule has 1 N–H and O–H groups in total. The van der Waals surface area contributed by atoms with Gasteiger partial charge in [0.15, 0.2) is 5.69 Å². The van der Waals surface area contributed by atoms with Crippen LogP contribution < -0.4 is 0 Å². The molecule has 4 nitrogen and oxygen atoms in total. The van der Waals surface area contributed by atoms with Crippen molar-refractivity contribution < 1.29 is 26.3 Å². The maximum absolute atomic E-state index is 13.3. The third-order valence-electron chi connectivity index (χ3n) is 3.73. The lowest BCUT2D eigenvalue weighted by molar-refractivity contribution is -0.138. The molecule has 0 amide bonds. The first-order chi connectivity index (χ1) is 12.6. The van der Waals surface area contributed by atoms with Gasteiger partial charge in [0.25, 0.3) is 0 Å². The smallest absolute Gasteiger partial charge is 0.196 e. The van der Waals surface area contributed by atoms with E-state index in [1.165, 1.54) is 6.07 Å². The fourth-order valence-electron chi connectivity index (χ4n) is 2.46. The van der Waals surface area contributed by atoms with E-state index in [1.54, 1.807) is 6.07 Å². The molecule has 2 aromatic carbocycles. The first-order valence-electron chi connectivity index (χ1n) is 7.31. The second-order valence-corrected chi connectivity index (χ2v) is 5.50. The maximum atomic E-state index is 13.3. The second-order valence-electron chi connectivity index (χ2n) is 5.50. The van der Waals surface area contributed by atoms with Gasteiger partial charge < -0.3 is 0 Å². The minimum atomic E-state index is -4.70. The Balaban J connectivity index is 2.16. The molecule has 0 aliphatic carbocycles. The van der Waals surface area contributed by atoms with Crippen molar-refractivity contribution in [3.8, 4) is 28.5 Å². The topological polar surface area (TPSA) is 65.4 Å². The van der Waals surface area contributed by atoms with Gasteiger partial charge in [-0.25, -0.2) is 0 Å². The summed E-state index contributed by atoms with van der Waals surface area (Å²) >= 11 is 0. The van der Waals surface area contributed by atoms with E-state index in [1.807, 2.05) is 0 Å². The van der Waals surface area contributed by atoms with Crippen LogP contribution in [0.25, 0.3) is 22.4 Å². The number of halogens is 6. The van der Waals surface area contributed by atoms with Crippen molar-refractivity contribution in [2.45, 2.75) is 12.4 Å². The highest BCUT2D eigenvalue weighted by molar-refractivity contribution is 5.74. The summed E-state index contributed by atoms with van der Waals surface area (Å²) in [4.78, 5) is 0. The van der Waals surface area contributed by atoms with Crippen LogP contribution in [0.5, 0.6) is 0 Å². The minimum absolute atomic E-state index is 0.0282. The normalized spacial score (nSPS) is 12.0. The monoisotopic (exact) mass is 382 g/mol. The molecule has 0 radical (unpaired) electrons. The van der Waals surface area contributed by atoms with Gasteiger partial charge in [-0.3, -0.25) is 0 Å². The van der Waals surface area contributed by atoms with Crippen LogP contribution in [0, 0.1) is 11.3 Å². The average Bonchev–Trinajstić information content (AvgIpc) is 3.09. The Morgan fingerprint density at radius 3 is 1.89 bits per heavy atom. The van der Waals surface area contributed by atoms with E-state index >= 15 is 0 Å². The van der Waals surface area contributed by atoms with Crippen LogP contribution in [0.4, 0.5) is 26.3 Å². The molecule has 27 heavy (non-hydrogen) atoms. The molecule has 0 saturated heterocycles. The predicted octanol–water partition coefficient (Wildman–Crippen LogP) is 5.05. The number of alkyl halides is 6. The molecule has 138 valence electrons. The fourth-order valence-corrected chi connectivity index (χ4v) is 2.46. The summed E-state index contributed by atoms with van der Waals surface area (Å²) in [5.41, 5.74) is -2.09. The molecule has 0 aliphatic rings. The molecule has 0 spiro atoms. The van der Waals surface area contributed by atoms with Crippen LogP contribution >= 0.6 is 0 Å². The molecule has 0 aliphatic heterocycles. The molecule has 10 heteroatoms. The Morgan fingerprint density at radius 2 is 1.33 bits per heavy atom. The molecule has 0 fully saturated rings. The van der Waals surface area contributed by atoms with E-state index in [-0.39, 0.29) is 28.1 Å². The Morgan fingerprint density at radius 1 is 0.741 bits per heavy atom. The van der Waals surface area contributed by atoms with E-state index in [0.717, 1.165) is 36.4 Å². The molecule has 3 aromatic rings. The van der Waals surface area contributed by atoms with Gasteiger partial charge in [0.1, 0.15) is 11.8 Å². The van der Waals surface area contributed by atoms with Crippen molar-refractivity contribution in [2.24, 2.45) is 0 Å². The van der Waals surface area contributed by atoms with Gasteiger partial charge >= 0.3 is 12.4 Å². The van der Waals surface area contributed by atoms with Gasteiger partial charge in [-0.1, -0.05) is 12.1 Å². The summed E-state index contributed by atoms with van der Waals surface area (Å²) < 4.78 is 77.8. The van der Waals surface area contributed by atoms with E-state index in [2.05, 4.69) is 15.4 Å². The number of nitrogens with zero attached hydrogens (tertiary/aromatic N) is 3. The Bertz CT molecular complexity index is 1010. The number of H-pyrrole nitrogens is 1. The molecule has 1 aromatic heterocycles. The number of nitriles is 1. The molecule has 0 atom stereocenters. The Kier molecular flexibility index (Phi) is 4.39. The van der Waals surface area contributed by atoms with Gasteiger partial charge in [-0.15, -0.1) is 5.10 Å². The first-order valence-corrected chi connectivity index (χ1v) is 7.31. The molecule has 3 rings (SSSR count). The number of aromatic nitrogens is 3. The summed E-state index contributed by atoms with van der Waals surface area (Å²) in [6.45, 7) is 0. The molecule has 1 heterocycles. The SMILES string of the molecule is N#Cc1n[nH]nc1-c1cc(-c2ccc(C(F)(F)F)cc2)cc(C(F)(F)F)c1. The quantitative estimate of drug-likeness (QED) is 0.631. The number of aromatic amines is 1. The number of rotatable bonds is 2. The Labute approximate surface area is 148 Å². The lowest BCUT2D eigenvalue weighted by Crippen LogP contribution is -2.06. The summed E-state index contributed by atoms with van der Waals surface area (Å²) in [5.74, 6) is 0. The number of nitrogens with one attached hydrogen (secondary N) is 1. The number of hydrogen-bond acceptors (Lipinski definition) is 3. The summed E-state index contributed by atoms with van der Waals surface area (Å²) in [6, 6.07) is 8.35. The zero-order valence-electron chi connectivity index (χ0n) is 13.2. The largest absolute Gasteiger partial charge is 0.416 e. The summed E-state index contributed by atoms with van der Waals surface area (Å²) in [6.07, 6.45) is -9.26. The first kappa shape index (κ1) is 18.4. The van der Waals surface area contributed by atoms with Gasteiger partial charge in [0.2, 0.25) is 0 Å². The lowest BCUT2D eigenvalue weighted by atomic mass is 9.97. The zero-order valence-corrected chi connectivity index (χ0v) is 13.2. The minimum Gasteiger partial charge on any atom is -0.196 e. The highest BCUT2D eigenvalue weighted by Crippen LogP contribution is 2.37. The zero-order chi connectivity index (χ0) is 19.8. The number of benzene rings is 2. The second kappa shape index (κ2) is 6.42. The molecular weight excluding hydrogens is 374 g/mol. The van der Waals surface area contributed by atoms with Crippen molar-refractivity contribution in [1.29, 1.82) is 5.26 Å². The van der Waals surface area contributed by atoms with Gasteiger partial charge in [0, 0.05) is 5.56 Å². The fraction of sp³-hybridized carbons (Fsp3) is 0.118. The van der Waals surface area contributed by atoms with Crippen LogP contribution in [-0.2, 0) is 12.4 Å². The van der Waals surface area contributed by atoms with E-state index < -0.39 is 23.5 Å². The molecule has 0 saturated carbocycles. The van der Waals surface area contributed by atoms with Gasteiger partial charge in [-0.05, 0) is 41.5 Å². The van der Waals surface area contributed by atoms with Crippen molar-refractivity contribution in [3.63, 3.8) is 0 Å². The van der Waals surface area contributed by atoms with E-state index in [0.29, 0.717) is 0 Å². The predicted molar refractivity (Wildman–Crippen MR) is 82.0 cm³/mol. The van der Waals surface area contributed by atoms with Crippen molar-refractivity contribution in [1.82, 2.24) is 15.4 Å². The molecule has 0 unspecified atom stereocenters.